The Bertz CT molecular complexity index is 2280. The highest BCUT2D eigenvalue weighted by Gasteiger charge is 2.45. The monoisotopic (exact) mass is 934 g/mol. The lowest BCUT2D eigenvalue weighted by molar-refractivity contribution is -0.277. The average Bonchev–Trinajstić information content (AvgIpc) is 3.32. The quantitative estimate of drug-likeness (QED) is 0.127. The van der Waals surface area contributed by atoms with Crippen LogP contribution in [-0.4, -0.2) is 184 Å². The lowest BCUT2D eigenvalue weighted by Crippen LogP contribution is -2.62. The molecule has 362 valence electrons. The van der Waals surface area contributed by atoms with Gasteiger partial charge in [0.1, 0.15) is 72.2 Å². The maximum atomic E-state index is 14.9. The van der Waals surface area contributed by atoms with Gasteiger partial charge < -0.3 is 75.1 Å². The first-order valence-corrected chi connectivity index (χ1v) is 21.7. The molecule has 0 radical (unpaired) electrons. The summed E-state index contributed by atoms with van der Waals surface area (Å²) in [6.07, 6.45) is -8.29. The summed E-state index contributed by atoms with van der Waals surface area (Å²) in [5.41, 5.74) is 1.57. The molecule has 4 aliphatic rings. The minimum atomic E-state index is -1.75. The van der Waals surface area contributed by atoms with Crippen molar-refractivity contribution in [2.75, 3.05) is 41.5 Å². The molecular formula is C46H58N6O15. The fourth-order valence-corrected chi connectivity index (χ4v) is 8.08. The molecule has 21 heteroatoms. The van der Waals surface area contributed by atoms with Gasteiger partial charge in [0.2, 0.25) is 41.7 Å². The number of carbonyl (C=O) groups is 6. The van der Waals surface area contributed by atoms with Gasteiger partial charge in [0.15, 0.2) is 11.5 Å². The van der Waals surface area contributed by atoms with Gasteiger partial charge in [0.05, 0.1) is 20.3 Å². The van der Waals surface area contributed by atoms with Crippen molar-refractivity contribution in [3.8, 4) is 23.0 Å². The first-order chi connectivity index (χ1) is 31.8. The number of fused-ring (bicyclic) bond motifs is 2. The highest BCUT2D eigenvalue weighted by molar-refractivity contribution is 5.98. The van der Waals surface area contributed by atoms with Crippen molar-refractivity contribution in [1.29, 1.82) is 0 Å². The van der Waals surface area contributed by atoms with Crippen molar-refractivity contribution in [2.24, 2.45) is 0 Å². The summed E-state index contributed by atoms with van der Waals surface area (Å²) in [4.78, 5) is 89.0. The molecule has 7 rings (SSSR count). The predicted octanol–water partition coefficient (Wildman–Crippen LogP) is -2.01. The number of nitrogens with zero attached hydrogens (tertiary/aromatic N) is 3. The predicted molar refractivity (Wildman–Crippen MR) is 235 cm³/mol. The number of nitrogens with one attached hydrogen (secondary N) is 3. The molecule has 3 aromatic carbocycles. The van der Waals surface area contributed by atoms with E-state index in [1.54, 1.807) is 48.5 Å². The number of likely N-dealkylation sites (N-methyl/N-ethyl adjacent to an activating group) is 3. The second kappa shape index (κ2) is 21.5. The second-order valence-corrected chi connectivity index (χ2v) is 16.9. The molecule has 4 heterocycles. The number of methoxy groups -OCH3 is 1. The van der Waals surface area contributed by atoms with E-state index in [2.05, 4.69) is 16.0 Å². The Morgan fingerprint density at radius 1 is 0.657 bits per heavy atom. The molecule has 0 unspecified atom stereocenters. The maximum absolute atomic E-state index is 14.9. The van der Waals surface area contributed by atoms with Crippen LogP contribution in [0.3, 0.4) is 0 Å². The van der Waals surface area contributed by atoms with Crippen LogP contribution < -0.4 is 30.2 Å². The van der Waals surface area contributed by atoms with Crippen molar-refractivity contribution in [3.05, 3.63) is 83.4 Å². The number of aliphatic hydroxyl groups excluding tert-OH is 5. The van der Waals surface area contributed by atoms with Crippen LogP contribution in [0.25, 0.3) is 0 Å². The fraction of sp³-hybridized carbons (Fsp3) is 0.478. The van der Waals surface area contributed by atoms with Gasteiger partial charge in [-0.05, 0) is 66.9 Å². The van der Waals surface area contributed by atoms with Gasteiger partial charge in [-0.15, -0.1) is 0 Å². The Balaban J connectivity index is 1.39. The maximum Gasteiger partial charge on any atom is 0.247 e. The Kier molecular flexibility index (Phi) is 16.1. The number of carbonyl (C=O) groups excluding carboxylic acids is 6. The lowest BCUT2D eigenvalue weighted by atomic mass is 9.98. The van der Waals surface area contributed by atoms with Crippen LogP contribution in [0.15, 0.2) is 66.7 Å². The minimum Gasteiger partial charge on any atom is -0.497 e. The van der Waals surface area contributed by atoms with Crippen LogP contribution in [0.2, 0.25) is 0 Å². The van der Waals surface area contributed by atoms with Gasteiger partial charge in [-0.3, -0.25) is 28.8 Å². The molecule has 4 aliphatic heterocycles. The molecule has 2 saturated heterocycles. The van der Waals surface area contributed by atoms with Crippen molar-refractivity contribution in [1.82, 2.24) is 30.7 Å². The van der Waals surface area contributed by atoms with E-state index in [9.17, 15) is 54.3 Å². The van der Waals surface area contributed by atoms with E-state index in [0.29, 0.717) is 22.4 Å². The minimum absolute atomic E-state index is 0.0137. The number of amides is 6. The second-order valence-electron chi connectivity index (χ2n) is 16.9. The van der Waals surface area contributed by atoms with E-state index in [4.69, 9.17) is 18.9 Å². The summed E-state index contributed by atoms with van der Waals surface area (Å²) in [7, 11) is 5.59. The molecule has 0 spiro atoms. The summed E-state index contributed by atoms with van der Waals surface area (Å²) in [6.45, 7) is 1.20. The van der Waals surface area contributed by atoms with Crippen LogP contribution in [0, 0.1) is 0 Å². The van der Waals surface area contributed by atoms with Gasteiger partial charge in [0.25, 0.3) is 0 Å². The SMILES string of the molecule is COc1ccc(C[C@H]2C(=O)N[C@@H](C)C(=O)N(C)[C@H]3Cc4ccc(cc4)Oc4cc(ccc4O[C@@H]4O[C@H](CO)[C@@H](O)[C@H](O)[C@H]4O)C[C@@H](C(=O)N[C@H](C)C(=O)N[C@@H](CO)C(=O)N2C)N(C)C3=O)cc1. The topological polar surface area (TPSA) is 286 Å². The molecule has 0 aromatic heterocycles. The zero-order valence-corrected chi connectivity index (χ0v) is 37.9. The highest BCUT2D eigenvalue weighted by Crippen LogP contribution is 2.36. The van der Waals surface area contributed by atoms with Crippen molar-refractivity contribution >= 4 is 35.4 Å². The Morgan fingerprint density at radius 3 is 1.93 bits per heavy atom. The summed E-state index contributed by atoms with van der Waals surface area (Å²) in [5.74, 6) is -3.74. The summed E-state index contributed by atoms with van der Waals surface area (Å²) < 4.78 is 23.0. The first-order valence-electron chi connectivity index (χ1n) is 21.7. The third-order valence-corrected chi connectivity index (χ3v) is 12.3. The van der Waals surface area contributed by atoms with E-state index in [1.165, 1.54) is 65.2 Å². The Labute approximate surface area is 386 Å². The first kappa shape index (κ1) is 50.1. The lowest BCUT2D eigenvalue weighted by Gasteiger charge is -2.39. The Hall–Kier alpha value is -6.36. The highest BCUT2D eigenvalue weighted by atomic mass is 16.7. The molecule has 67 heavy (non-hydrogen) atoms. The van der Waals surface area contributed by atoms with E-state index >= 15 is 0 Å². The third-order valence-electron chi connectivity index (χ3n) is 12.3. The zero-order chi connectivity index (χ0) is 48.9. The smallest absolute Gasteiger partial charge is 0.247 e. The normalized spacial score (nSPS) is 29.2. The summed E-state index contributed by atoms with van der Waals surface area (Å²) in [5, 5.41) is 59.3. The number of hydrogen-bond acceptors (Lipinski definition) is 15. The van der Waals surface area contributed by atoms with Crippen molar-refractivity contribution in [3.63, 3.8) is 0 Å². The fourth-order valence-electron chi connectivity index (χ4n) is 8.08. The van der Waals surface area contributed by atoms with Gasteiger partial charge in [-0.25, -0.2) is 0 Å². The van der Waals surface area contributed by atoms with Gasteiger partial charge >= 0.3 is 0 Å². The van der Waals surface area contributed by atoms with E-state index in [1.807, 2.05) is 0 Å². The van der Waals surface area contributed by atoms with Gasteiger partial charge in [0, 0.05) is 40.4 Å². The largest absolute Gasteiger partial charge is 0.497 e. The van der Waals surface area contributed by atoms with Crippen molar-refractivity contribution in [2.45, 2.75) is 100 Å². The van der Waals surface area contributed by atoms with Crippen LogP contribution >= 0.6 is 0 Å². The van der Waals surface area contributed by atoms with Crippen LogP contribution in [-0.2, 0) is 52.8 Å². The molecule has 11 atom stereocenters. The molecule has 0 aliphatic carbocycles. The van der Waals surface area contributed by atoms with Crippen molar-refractivity contribution < 1.29 is 73.2 Å². The van der Waals surface area contributed by atoms with Gasteiger partial charge in [-0.1, -0.05) is 30.3 Å². The number of ether oxygens (including phenoxy) is 4. The van der Waals surface area contributed by atoms with E-state index in [-0.39, 0.29) is 36.5 Å². The number of rotatable bonds is 7. The van der Waals surface area contributed by atoms with E-state index < -0.39 is 116 Å². The number of benzene rings is 3. The Morgan fingerprint density at radius 2 is 1.28 bits per heavy atom. The van der Waals surface area contributed by atoms with E-state index in [0.717, 1.165) is 9.80 Å². The van der Waals surface area contributed by atoms with Crippen LogP contribution in [0.4, 0.5) is 0 Å². The molecule has 21 nitrogen and oxygen atoms in total. The average molecular weight is 935 g/mol. The number of hydrogen-bond donors (Lipinski definition) is 8. The molecule has 6 bridgehead atoms. The zero-order valence-electron chi connectivity index (χ0n) is 37.9. The third kappa shape index (κ3) is 11.3. The molecule has 8 N–H and O–H groups in total. The molecule has 2 fully saturated rings. The van der Waals surface area contributed by atoms with Crippen LogP contribution in [0.1, 0.15) is 30.5 Å². The summed E-state index contributed by atoms with van der Waals surface area (Å²) in [6, 6.07) is 9.68. The molecule has 0 saturated carbocycles. The molecule has 3 aromatic rings. The standard InChI is InChI=1S/C46H58N6O15/c1-23-40(58)49-30(21-53)44(62)50(3)31(17-25-7-12-28(64-6)13-8-25)42(60)48-24(2)43(61)52(5)33-18-26-9-14-29(15-10-26)65-35-20-27(19-32(41(59)47-23)51(4)45(33)63)11-16-34(35)66-46-39(57)38(56)37(55)36(22-54)67-46/h7-16,20,23-24,30-33,36-39,46,53-57H,17-19,21-22H2,1-6H3,(H,47,59)(H,48,60)(H,49,58)/t23-,24+,30+,31+,32+,33+,36-,37-,38+,39-,46-/m1/s1. The number of aliphatic hydroxyl groups is 5. The molecular weight excluding hydrogens is 877 g/mol. The molecule has 6 amide bonds. The summed E-state index contributed by atoms with van der Waals surface area (Å²) >= 11 is 0. The van der Waals surface area contributed by atoms with Crippen LogP contribution in [0.5, 0.6) is 23.0 Å². The van der Waals surface area contributed by atoms with Gasteiger partial charge in [-0.2, -0.15) is 0 Å².